The first-order chi connectivity index (χ1) is 12.5. The number of halogens is 1. The van der Waals surface area contributed by atoms with Crippen LogP contribution >= 0.6 is 19.0 Å². The molecule has 1 aliphatic rings. The topological polar surface area (TPSA) is 9.23 Å². The molecule has 0 bridgehead atoms. The van der Waals surface area contributed by atoms with Gasteiger partial charge < -0.3 is 0 Å². The maximum Gasteiger partial charge on any atom is -0.147 e. The molecule has 1 atom stereocenters. The van der Waals surface area contributed by atoms with E-state index < -0.39 is 15.4 Å². The minimum Gasteiger partial charge on any atom is -0.147 e. The van der Waals surface area contributed by atoms with Crippen LogP contribution in [0.15, 0.2) is 0 Å². The van der Waals surface area contributed by atoms with Crippen LogP contribution < -0.4 is 0 Å². The van der Waals surface area contributed by atoms with E-state index in [4.69, 9.17) is 4.74 Å². The van der Waals surface area contributed by atoms with Crippen LogP contribution in [-0.2, 0) is 4.74 Å². The van der Waals surface area contributed by atoms with Gasteiger partial charge >= 0.3 is 168 Å². The van der Waals surface area contributed by atoms with Crippen LogP contribution in [0.3, 0.4) is 0 Å². The van der Waals surface area contributed by atoms with Gasteiger partial charge in [0.15, 0.2) is 0 Å². The predicted molar refractivity (Wildman–Crippen MR) is 135 cm³/mol. The van der Waals surface area contributed by atoms with Crippen LogP contribution in [0.1, 0.15) is 98.3 Å². The van der Waals surface area contributed by atoms with Crippen molar-refractivity contribution in [1.82, 2.24) is 0 Å². The Bertz CT molecular complexity index is 339. The van der Waals surface area contributed by atoms with Gasteiger partial charge in [-0.3, -0.25) is 0 Å². The fraction of sp³-hybridized carbons (Fsp3) is 1.00. The summed E-state index contributed by atoms with van der Waals surface area (Å²) in [6, 6.07) is 0. The number of hydrogen-bond donors (Lipinski definition) is 0. The number of ether oxygens (including phenoxy) is 1. The van der Waals surface area contributed by atoms with Crippen LogP contribution in [-0.4, -0.2) is 45.0 Å². The van der Waals surface area contributed by atoms with Crippen molar-refractivity contribution >= 4 is 27.8 Å². The Labute approximate surface area is 180 Å². The van der Waals surface area contributed by atoms with Crippen LogP contribution in [0.4, 0.5) is 0 Å². The maximum atomic E-state index is 7.10. The molecule has 1 unspecified atom stereocenters. The Morgan fingerprint density at radius 2 is 1.15 bits per heavy atom. The van der Waals surface area contributed by atoms with Crippen LogP contribution in [0, 0.1) is 0 Å². The van der Waals surface area contributed by atoms with E-state index in [9.17, 15) is 0 Å². The SMILES string of the molecule is CCCCP(CCCC)(CCCC)(CCCC)C1([SiH](C)C)CCCCO1.Cl. The number of unbranched alkanes of at least 4 members (excludes halogenated alkanes) is 4. The molecule has 1 rings (SSSR count). The molecule has 0 amide bonds. The summed E-state index contributed by atoms with van der Waals surface area (Å²) >= 11 is 0. The molecule has 4 heteroatoms. The summed E-state index contributed by atoms with van der Waals surface area (Å²) in [7, 11) is -0.915. The molecule has 0 aliphatic carbocycles. The van der Waals surface area contributed by atoms with Gasteiger partial charge in [0.25, 0.3) is 0 Å². The Morgan fingerprint density at radius 1 is 0.741 bits per heavy atom. The first-order valence-electron chi connectivity index (χ1n) is 12.1. The van der Waals surface area contributed by atoms with Crippen molar-refractivity contribution in [2.45, 2.75) is 116 Å². The fourth-order valence-electron chi connectivity index (χ4n) is 6.20. The molecule has 1 heterocycles. The molecule has 0 N–H and O–H groups in total. The summed E-state index contributed by atoms with van der Waals surface area (Å²) in [6.07, 6.45) is 21.6. The van der Waals surface area contributed by atoms with Crippen molar-refractivity contribution in [2.24, 2.45) is 0 Å². The normalized spacial score (nSPS) is 22.3. The Kier molecular flexibility index (Phi) is 13.7. The van der Waals surface area contributed by atoms with E-state index in [1.54, 1.807) is 24.6 Å². The van der Waals surface area contributed by atoms with E-state index in [0.29, 0.717) is 4.97 Å². The monoisotopic (exact) mass is 438 g/mol. The molecule has 0 aromatic heterocycles. The zero-order valence-corrected chi connectivity index (χ0v) is 22.5. The zero-order chi connectivity index (χ0) is 19.5. The Morgan fingerprint density at radius 3 is 1.41 bits per heavy atom. The molecule has 0 saturated carbocycles. The molecule has 0 spiro atoms. The molecular formula is C23H52ClOPSi. The predicted octanol–water partition coefficient (Wildman–Crippen LogP) is 8.08. The van der Waals surface area contributed by atoms with Crippen molar-refractivity contribution < 1.29 is 4.74 Å². The van der Waals surface area contributed by atoms with Crippen LogP contribution in [0.25, 0.3) is 0 Å². The van der Waals surface area contributed by atoms with Gasteiger partial charge in [-0.25, -0.2) is 0 Å². The number of rotatable bonds is 14. The standard InChI is InChI=1S/C23H51OPSi.ClH/c1-7-11-19-25(20-12-8-2,21-13-9-3,22-14-10-4)23(26(5)6)17-15-16-18-24-23;/h26H,7-22H2,1-6H3;1H. The smallest absolute Gasteiger partial charge is 0.147 e. The Balaban J connectivity index is 0.00000676. The second kappa shape index (κ2) is 13.3. The van der Waals surface area contributed by atoms with Crippen molar-refractivity contribution in [1.29, 1.82) is 0 Å². The molecule has 1 nitrogen and oxygen atoms in total. The first kappa shape index (κ1) is 27.9. The van der Waals surface area contributed by atoms with Crippen molar-refractivity contribution in [3.63, 3.8) is 0 Å². The van der Waals surface area contributed by atoms with Gasteiger partial charge in [-0.1, -0.05) is 0 Å². The third kappa shape index (κ3) is 5.96. The minimum atomic E-state index is -1.91. The van der Waals surface area contributed by atoms with E-state index in [0.717, 1.165) is 6.61 Å². The summed E-state index contributed by atoms with van der Waals surface area (Å²) in [5, 5.41) is 0. The van der Waals surface area contributed by atoms with Crippen LogP contribution in [0.5, 0.6) is 0 Å². The van der Waals surface area contributed by atoms with Gasteiger partial charge in [-0.05, 0) is 0 Å². The van der Waals surface area contributed by atoms with E-state index >= 15 is 0 Å². The zero-order valence-electron chi connectivity index (χ0n) is 19.7. The van der Waals surface area contributed by atoms with Gasteiger partial charge in [0.05, 0.1) is 0 Å². The van der Waals surface area contributed by atoms with Crippen molar-refractivity contribution in [3.05, 3.63) is 0 Å². The molecule has 27 heavy (non-hydrogen) atoms. The summed E-state index contributed by atoms with van der Waals surface area (Å²) < 4.78 is 7.10. The average molecular weight is 439 g/mol. The largest absolute Gasteiger partial charge is 0.147 e. The van der Waals surface area contributed by atoms with Gasteiger partial charge in [0.1, 0.15) is 0 Å². The van der Waals surface area contributed by atoms with Crippen LogP contribution in [0.2, 0.25) is 13.1 Å². The molecule has 0 aromatic carbocycles. The molecule has 1 aliphatic heterocycles. The van der Waals surface area contributed by atoms with Gasteiger partial charge in [0, 0.05) is 0 Å². The molecule has 0 aromatic rings. The second-order valence-electron chi connectivity index (χ2n) is 9.59. The van der Waals surface area contributed by atoms with Crippen molar-refractivity contribution in [2.75, 3.05) is 31.3 Å². The Hall–Kier alpha value is 0.897. The molecule has 1 fully saturated rings. The first-order valence-corrected chi connectivity index (χ1v) is 18.0. The van der Waals surface area contributed by atoms with E-state index in [-0.39, 0.29) is 12.4 Å². The van der Waals surface area contributed by atoms with Crippen molar-refractivity contribution in [3.8, 4) is 0 Å². The van der Waals surface area contributed by atoms with E-state index in [1.807, 2.05) is 0 Å². The summed E-state index contributed by atoms with van der Waals surface area (Å²) in [6.45, 7) is 14.1. The van der Waals surface area contributed by atoms with Gasteiger partial charge in [-0.2, -0.15) is 0 Å². The third-order valence-corrected chi connectivity index (χ3v) is 22.1. The second-order valence-corrected chi connectivity index (χ2v) is 19.8. The van der Waals surface area contributed by atoms with E-state index in [2.05, 4.69) is 40.8 Å². The molecule has 1 saturated heterocycles. The summed E-state index contributed by atoms with van der Waals surface area (Å²) in [5.74, 6) is 0. The van der Waals surface area contributed by atoms with E-state index in [1.165, 1.54) is 70.6 Å². The molecule has 0 radical (unpaired) electrons. The van der Waals surface area contributed by atoms with Gasteiger partial charge in [0.2, 0.25) is 0 Å². The summed E-state index contributed by atoms with van der Waals surface area (Å²) in [5.41, 5.74) is 0. The molecular weight excluding hydrogens is 387 g/mol. The van der Waals surface area contributed by atoms with Gasteiger partial charge in [-0.15, -0.1) is 12.4 Å². The quantitative estimate of drug-likeness (QED) is 0.196. The fourth-order valence-corrected chi connectivity index (χ4v) is 23.5. The summed E-state index contributed by atoms with van der Waals surface area (Å²) in [4.78, 5) is 0.360. The third-order valence-electron chi connectivity index (χ3n) is 7.65. The molecule has 166 valence electrons. The maximum absolute atomic E-state index is 7.10. The minimum absolute atomic E-state index is 0. The number of hydrogen-bond acceptors (Lipinski definition) is 1. The average Bonchev–Trinajstić information content (AvgIpc) is 2.67.